The summed E-state index contributed by atoms with van der Waals surface area (Å²) in [6, 6.07) is 20.7. The first-order valence-corrected chi connectivity index (χ1v) is 7.79. The number of benzene rings is 2. The Morgan fingerprint density at radius 2 is 1.70 bits per heavy atom. The Labute approximate surface area is 135 Å². The first-order chi connectivity index (χ1) is 11.2. The third-order valence-electron chi connectivity index (χ3n) is 4.24. The largest absolute Gasteiger partial charge is 0.441 e. The number of aromatic nitrogens is 2. The van der Waals surface area contributed by atoms with E-state index in [1.807, 2.05) is 37.3 Å². The van der Waals surface area contributed by atoms with E-state index in [0.29, 0.717) is 5.89 Å². The molecule has 0 amide bonds. The van der Waals surface area contributed by atoms with Gasteiger partial charge in [0.25, 0.3) is 0 Å². The van der Waals surface area contributed by atoms with E-state index >= 15 is 0 Å². The van der Waals surface area contributed by atoms with Crippen molar-refractivity contribution in [1.82, 2.24) is 9.55 Å². The van der Waals surface area contributed by atoms with Gasteiger partial charge in [0.05, 0.1) is 6.54 Å². The van der Waals surface area contributed by atoms with Crippen molar-refractivity contribution in [2.24, 2.45) is 0 Å². The third kappa shape index (κ3) is 2.44. The monoisotopic (exact) mass is 302 g/mol. The maximum absolute atomic E-state index is 5.88. The zero-order valence-corrected chi connectivity index (χ0v) is 13.3. The Balaban J connectivity index is 1.74. The number of fused-ring (bicyclic) bond motifs is 1. The van der Waals surface area contributed by atoms with Crippen LogP contribution in [0.1, 0.15) is 17.1 Å². The topological polar surface area (TPSA) is 31.0 Å². The van der Waals surface area contributed by atoms with Crippen molar-refractivity contribution in [2.45, 2.75) is 20.4 Å². The molecule has 114 valence electrons. The molecule has 0 aliphatic carbocycles. The molecule has 3 heteroatoms. The van der Waals surface area contributed by atoms with Crippen LogP contribution < -0.4 is 0 Å². The number of hydrogen-bond acceptors (Lipinski definition) is 2. The predicted molar refractivity (Wildman–Crippen MR) is 92.5 cm³/mol. The zero-order chi connectivity index (χ0) is 15.8. The van der Waals surface area contributed by atoms with Crippen molar-refractivity contribution in [1.29, 1.82) is 0 Å². The maximum Gasteiger partial charge on any atom is 0.226 e. The molecule has 4 aromatic rings. The number of hydrogen-bond donors (Lipinski definition) is 0. The summed E-state index contributed by atoms with van der Waals surface area (Å²) < 4.78 is 8.16. The van der Waals surface area contributed by atoms with Gasteiger partial charge in [-0.1, -0.05) is 36.4 Å². The summed E-state index contributed by atoms with van der Waals surface area (Å²) in [4.78, 5) is 4.72. The van der Waals surface area contributed by atoms with Gasteiger partial charge in [0.1, 0.15) is 11.5 Å². The van der Waals surface area contributed by atoms with Gasteiger partial charge in [0, 0.05) is 16.8 Å². The maximum atomic E-state index is 5.88. The number of nitrogens with zero attached hydrogens (tertiary/aromatic N) is 2. The second-order valence-corrected chi connectivity index (χ2v) is 5.82. The van der Waals surface area contributed by atoms with Crippen LogP contribution in [0.5, 0.6) is 0 Å². The molecule has 0 saturated heterocycles. The molecule has 2 aromatic carbocycles. The molecule has 0 unspecified atom stereocenters. The lowest BCUT2D eigenvalue weighted by Gasteiger charge is -2.06. The van der Waals surface area contributed by atoms with E-state index < -0.39 is 0 Å². The third-order valence-corrected chi connectivity index (χ3v) is 4.24. The first-order valence-electron chi connectivity index (χ1n) is 7.79. The van der Waals surface area contributed by atoms with Gasteiger partial charge >= 0.3 is 0 Å². The summed E-state index contributed by atoms with van der Waals surface area (Å²) in [7, 11) is 0. The molecular weight excluding hydrogens is 284 g/mol. The van der Waals surface area contributed by atoms with Crippen molar-refractivity contribution < 1.29 is 4.42 Å². The van der Waals surface area contributed by atoms with Crippen molar-refractivity contribution in [3.05, 3.63) is 77.8 Å². The van der Waals surface area contributed by atoms with Crippen LogP contribution in [0.25, 0.3) is 22.4 Å². The molecule has 0 N–H and O–H groups in total. The molecule has 2 aromatic heterocycles. The van der Waals surface area contributed by atoms with Gasteiger partial charge < -0.3 is 8.98 Å². The second kappa shape index (κ2) is 5.43. The molecule has 4 rings (SSSR count). The Morgan fingerprint density at radius 1 is 0.957 bits per heavy atom. The average molecular weight is 302 g/mol. The average Bonchev–Trinajstić information content (AvgIpc) is 3.10. The summed E-state index contributed by atoms with van der Waals surface area (Å²) in [6.45, 7) is 4.84. The van der Waals surface area contributed by atoms with Gasteiger partial charge in [-0.3, -0.25) is 0 Å². The molecule has 0 aliphatic rings. The Bertz CT molecular complexity index is 964. The van der Waals surface area contributed by atoms with Crippen LogP contribution in [0.4, 0.5) is 0 Å². The molecule has 0 spiro atoms. The number of oxazole rings is 1. The molecule has 3 nitrogen and oxygen atoms in total. The fourth-order valence-corrected chi connectivity index (χ4v) is 2.99. The second-order valence-electron chi connectivity index (χ2n) is 5.82. The van der Waals surface area contributed by atoms with E-state index in [2.05, 4.69) is 41.8 Å². The molecule has 0 bridgehead atoms. The van der Waals surface area contributed by atoms with Crippen LogP contribution >= 0.6 is 0 Å². The molecule has 0 radical (unpaired) electrons. The highest BCUT2D eigenvalue weighted by molar-refractivity contribution is 5.81. The van der Waals surface area contributed by atoms with Gasteiger partial charge in [0.2, 0.25) is 5.89 Å². The van der Waals surface area contributed by atoms with Gasteiger partial charge in [-0.15, -0.1) is 0 Å². The van der Waals surface area contributed by atoms with E-state index in [-0.39, 0.29) is 0 Å². The van der Waals surface area contributed by atoms with E-state index in [1.165, 1.54) is 16.6 Å². The molecule has 0 saturated carbocycles. The van der Waals surface area contributed by atoms with Gasteiger partial charge in [-0.05, 0) is 43.5 Å². The summed E-state index contributed by atoms with van der Waals surface area (Å²) >= 11 is 0. The highest BCUT2D eigenvalue weighted by Gasteiger charge is 2.13. The fourth-order valence-electron chi connectivity index (χ4n) is 2.99. The van der Waals surface area contributed by atoms with Crippen LogP contribution in [0.3, 0.4) is 0 Å². The highest BCUT2D eigenvalue weighted by atomic mass is 16.4. The number of aryl methyl sites for hydroxylation is 2. The van der Waals surface area contributed by atoms with Crippen molar-refractivity contribution in [3.8, 4) is 11.5 Å². The standard InChI is InChI=1S/C20H18N2O/c1-14-12-17-10-6-7-11-19(17)22(14)13-18-15(2)23-20(21-18)16-8-4-3-5-9-16/h3-12H,13H2,1-2H3. The molecule has 2 heterocycles. The lowest BCUT2D eigenvalue weighted by atomic mass is 10.2. The Morgan fingerprint density at radius 3 is 2.52 bits per heavy atom. The van der Waals surface area contributed by atoms with Crippen LogP contribution in [-0.2, 0) is 6.54 Å². The summed E-state index contributed by atoms with van der Waals surface area (Å²) in [5.74, 6) is 1.56. The Hall–Kier alpha value is -2.81. The molecular formula is C20H18N2O. The zero-order valence-electron chi connectivity index (χ0n) is 13.3. The van der Waals surface area contributed by atoms with Gasteiger partial charge in [-0.25, -0.2) is 4.98 Å². The minimum atomic E-state index is 0.687. The van der Waals surface area contributed by atoms with E-state index in [4.69, 9.17) is 9.40 Å². The van der Waals surface area contributed by atoms with Crippen LogP contribution in [0.2, 0.25) is 0 Å². The van der Waals surface area contributed by atoms with Crippen LogP contribution in [0, 0.1) is 13.8 Å². The minimum absolute atomic E-state index is 0.687. The smallest absolute Gasteiger partial charge is 0.226 e. The van der Waals surface area contributed by atoms with Crippen molar-refractivity contribution in [3.63, 3.8) is 0 Å². The molecule has 0 fully saturated rings. The Kier molecular flexibility index (Phi) is 3.27. The van der Waals surface area contributed by atoms with Crippen LogP contribution in [0.15, 0.2) is 65.1 Å². The van der Waals surface area contributed by atoms with E-state index in [0.717, 1.165) is 23.6 Å². The van der Waals surface area contributed by atoms with E-state index in [9.17, 15) is 0 Å². The fraction of sp³-hybridized carbons (Fsp3) is 0.150. The minimum Gasteiger partial charge on any atom is -0.441 e. The summed E-state index contributed by atoms with van der Waals surface area (Å²) in [5.41, 5.74) is 4.45. The quantitative estimate of drug-likeness (QED) is 0.535. The van der Waals surface area contributed by atoms with Gasteiger partial charge in [0.15, 0.2) is 0 Å². The number of rotatable bonds is 3. The first kappa shape index (κ1) is 13.8. The lowest BCUT2D eigenvalue weighted by molar-refractivity contribution is 0.538. The number of para-hydroxylation sites is 1. The lowest BCUT2D eigenvalue weighted by Crippen LogP contribution is -2.03. The van der Waals surface area contributed by atoms with Crippen molar-refractivity contribution >= 4 is 10.9 Å². The molecule has 0 aliphatic heterocycles. The van der Waals surface area contributed by atoms with Crippen LogP contribution in [-0.4, -0.2) is 9.55 Å². The predicted octanol–water partition coefficient (Wildman–Crippen LogP) is 4.96. The summed E-state index contributed by atoms with van der Waals surface area (Å²) in [6.07, 6.45) is 0. The van der Waals surface area contributed by atoms with Crippen molar-refractivity contribution in [2.75, 3.05) is 0 Å². The highest BCUT2D eigenvalue weighted by Crippen LogP contribution is 2.25. The SMILES string of the molecule is Cc1oc(-c2ccccc2)nc1Cn1c(C)cc2ccccc21. The van der Waals surface area contributed by atoms with E-state index in [1.54, 1.807) is 0 Å². The molecule has 0 atom stereocenters. The molecule has 23 heavy (non-hydrogen) atoms. The summed E-state index contributed by atoms with van der Waals surface area (Å²) in [5, 5.41) is 1.26. The normalized spacial score (nSPS) is 11.2. The van der Waals surface area contributed by atoms with Gasteiger partial charge in [-0.2, -0.15) is 0 Å².